The first-order valence-electron chi connectivity index (χ1n) is 8.96. The number of hydrogen-bond acceptors (Lipinski definition) is 4. The van der Waals surface area contributed by atoms with Crippen molar-refractivity contribution in [2.75, 3.05) is 11.4 Å². The van der Waals surface area contributed by atoms with Crippen LogP contribution in [-0.4, -0.2) is 34.6 Å². The van der Waals surface area contributed by atoms with E-state index in [1.807, 2.05) is 0 Å². The van der Waals surface area contributed by atoms with Gasteiger partial charge in [-0.1, -0.05) is 41.4 Å². The van der Waals surface area contributed by atoms with E-state index < -0.39 is 6.04 Å². The van der Waals surface area contributed by atoms with Crippen molar-refractivity contribution >= 4 is 51.5 Å². The minimum absolute atomic E-state index is 0.0528. The van der Waals surface area contributed by atoms with Crippen LogP contribution in [0.1, 0.15) is 12.1 Å². The van der Waals surface area contributed by atoms with Gasteiger partial charge in [0.05, 0.1) is 28.2 Å². The molecule has 0 radical (unpaired) electrons. The normalized spacial score (nSPS) is 16.4. The summed E-state index contributed by atoms with van der Waals surface area (Å²) < 4.78 is 0. The van der Waals surface area contributed by atoms with E-state index in [1.54, 1.807) is 42.5 Å². The van der Waals surface area contributed by atoms with E-state index in [1.165, 1.54) is 4.90 Å². The number of amides is 2. The third-order valence-corrected chi connectivity index (χ3v) is 5.38. The number of rotatable bonds is 4. The lowest BCUT2D eigenvalue weighted by Crippen LogP contribution is -2.42. The molecule has 0 bridgehead atoms. The number of nitrogens with zero attached hydrogens (tertiary/aromatic N) is 2. The molecule has 7 nitrogen and oxygen atoms in total. The van der Waals surface area contributed by atoms with Gasteiger partial charge in [0, 0.05) is 17.0 Å². The molecule has 2 heterocycles. The molecule has 1 unspecified atom stereocenters. The molecule has 1 aliphatic rings. The Hall–Kier alpha value is -2.90. The lowest BCUT2D eigenvalue weighted by Gasteiger charge is -2.18. The third kappa shape index (κ3) is 3.83. The van der Waals surface area contributed by atoms with E-state index in [2.05, 4.69) is 15.5 Å². The van der Waals surface area contributed by atoms with Crippen LogP contribution in [0, 0.1) is 0 Å². The van der Waals surface area contributed by atoms with Crippen LogP contribution < -0.4 is 15.8 Å². The Labute approximate surface area is 175 Å². The lowest BCUT2D eigenvalue weighted by atomic mass is 10.1. The van der Waals surface area contributed by atoms with Crippen LogP contribution in [0.15, 0.2) is 47.3 Å². The summed E-state index contributed by atoms with van der Waals surface area (Å²) in [6.45, 7) is 0.435. The molecule has 148 valence electrons. The topological polar surface area (TPSA) is 95.2 Å². The fourth-order valence-corrected chi connectivity index (χ4v) is 3.97. The number of halogens is 2. The molecule has 1 aliphatic heterocycles. The van der Waals surface area contributed by atoms with E-state index in [9.17, 15) is 14.4 Å². The molecule has 4 rings (SSSR count). The summed E-state index contributed by atoms with van der Waals surface area (Å²) in [6.07, 6.45) is 0.409. The van der Waals surface area contributed by atoms with Crippen LogP contribution >= 0.6 is 23.2 Å². The number of fused-ring (bicyclic) bond motifs is 1. The zero-order chi connectivity index (χ0) is 20.5. The first kappa shape index (κ1) is 19.4. The minimum atomic E-state index is -0.650. The zero-order valence-electron chi connectivity index (χ0n) is 15.1. The van der Waals surface area contributed by atoms with Crippen LogP contribution in [0.5, 0.6) is 0 Å². The molecule has 2 aromatic carbocycles. The Morgan fingerprint density at radius 1 is 1.17 bits per heavy atom. The molecular weight excluding hydrogens is 415 g/mol. The quantitative estimate of drug-likeness (QED) is 0.664. The zero-order valence-corrected chi connectivity index (χ0v) is 16.6. The van der Waals surface area contributed by atoms with Gasteiger partial charge in [-0.2, -0.15) is 5.10 Å². The van der Waals surface area contributed by atoms with Crippen LogP contribution in [-0.2, 0) is 16.0 Å². The van der Waals surface area contributed by atoms with Gasteiger partial charge in [-0.05, 0) is 30.7 Å². The standard InChI is InChI=1S/C20H16Cl2N4O3/c21-11-5-6-17(14(22)9-11)26-8-7-15(20(26)29)23-18(27)10-16-12-3-1-2-4-13(12)19(28)25-24-16/h1-6,9,15H,7-8,10H2,(H,23,27)(H,25,28). The molecule has 2 amide bonds. The molecular formula is C20H16Cl2N4O3. The van der Waals surface area contributed by atoms with Crippen LogP contribution in [0.4, 0.5) is 5.69 Å². The van der Waals surface area contributed by atoms with Gasteiger partial charge in [0.15, 0.2) is 0 Å². The molecule has 1 atom stereocenters. The number of aromatic nitrogens is 2. The van der Waals surface area contributed by atoms with Crippen LogP contribution in [0.2, 0.25) is 10.0 Å². The summed E-state index contributed by atoms with van der Waals surface area (Å²) in [5, 5.41) is 11.1. The van der Waals surface area contributed by atoms with Gasteiger partial charge in [-0.3, -0.25) is 14.4 Å². The van der Waals surface area contributed by atoms with Gasteiger partial charge < -0.3 is 10.2 Å². The highest BCUT2D eigenvalue weighted by Gasteiger charge is 2.34. The second kappa shape index (κ2) is 7.85. The number of aromatic amines is 1. The van der Waals surface area contributed by atoms with Crippen LogP contribution in [0.3, 0.4) is 0 Å². The Kier molecular flexibility index (Phi) is 5.25. The molecule has 2 N–H and O–H groups in total. The fraction of sp³-hybridized carbons (Fsp3) is 0.200. The van der Waals surface area contributed by atoms with E-state index in [4.69, 9.17) is 23.2 Å². The summed E-state index contributed by atoms with van der Waals surface area (Å²) in [4.78, 5) is 38.7. The van der Waals surface area contributed by atoms with Crippen LogP contribution in [0.25, 0.3) is 10.8 Å². The number of benzene rings is 2. The molecule has 0 aliphatic carbocycles. The SMILES string of the molecule is O=C(Cc1n[nH]c(=O)c2ccccc12)NC1CCN(c2ccc(Cl)cc2Cl)C1=O. The van der Waals surface area contributed by atoms with Gasteiger partial charge in [0.2, 0.25) is 11.8 Å². The molecule has 0 spiro atoms. The number of carbonyl (C=O) groups is 2. The highest BCUT2D eigenvalue weighted by molar-refractivity contribution is 6.36. The lowest BCUT2D eigenvalue weighted by molar-refractivity contribution is -0.126. The number of carbonyl (C=O) groups excluding carboxylic acids is 2. The predicted molar refractivity (Wildman–Crippen MR) is 111 cm³/mol. The number of anilines is 1. The predicted octanol–water partition coefficient (Wildman–Crippen LogP) is 2.69. The van der Waals surface area contributed by atoms with Crippen molar-refractivity contribution < 1.29 is 9.59 Å². The first-order chi connectivity index (χ1) is 13.9. The average Bonchev–Trinajstić information content (AvgIpc) is 3.04. The molecule has 29 heavy (non-hydrogen) atoms. The Morgan fingerprint density at radius 2 is 1.93 bits per heavy atom. The van der Waals surface area contributed by atoms with Crippen molar-refractivity contribution in [3.63, 3.8) is 0 Å². The van der Waals surface area contributed by atoms with E-state index in [-0.39, 0.29) is 23.8 Å². The van der Waals surface area contributed by atoms with E-state index in [0.717, 1.165) is 0 Å². The highest BCUT2D eigenvalue weighted by Crippen LogP contribution is 2.31. The van der Waals surface area contributed by atoms with Crippen molar-refractivity contribution in [3.8, 4) is 0 Å². The molecule has 3 aromatic rings. The summed E-state index contributed by atoms with van der Waals surface area (Å²) in [7, 11) is 0. The molecule has 9 heteroatoms. The molecule has 1 aromatic heterocycles. The van der Waals surface area contributed by atoms with E-state index in [0.29, 0.717) is 45.2 Å². The van der Waals surface area contributed by atoms with Crippen molar-refractivity contribution in [3.05, 3.63) is 68.6 Å². The molecule has 1 fully saturated rings. The van der Waals surface area contributed by atoms with Crippen molar-refractivity contribution in [1.82, 2.24) is 15.5 Å². The van der Waals surface area contributed by atoms with Crippen molar-refractivity contribution in [2.45, 2.75) is 18.9 Å². The highest BCUT2D eigenvalue weighted by atomic mass is 35.5. The summed E-state index contributed by atoms with van der Waals surface area (Å²) >= 11 is 12.1. The number of H-pyrrole nitrogens is 1. The van der Waals surface area contributed by atoms with Gasteiger partial charge in [-0.15, -0.1) is 0 Å². The Bertz CT molecular complexity index is 1180. The Balaban J connectivity index is 1.48. The summed E-state index contributed by atoms with van der Waals surface area (Å²) in [5.41, 5.74) is 0.693. The number of nitrogens with one attached hydrogen (secondary N) is 2. The average molecular weight is 431 g/mol. The van der Waals surface area contributed by atoms with E-state index >= 15 is 0 Å². The monoisotopic (exact) mass is 430 g/mol. The van der Waals surface area contributed by atoms with Gasteiger partial charge in [0.25, 0.3) is 5.56 Å². The second-order valence-corrected chi connectivity index (χ2v) is 7.56. The number of hydrogen-bond donors (Lipinski definition) is 2. The first-order valence-corrected chi connectivity index (χ1v) is 9.72. The fourth-order valence-electron chi connectivity index (χ4n) is 3.46. The third-order valence-electron chi connectivity index (χ3n) is 4.84. The summed E-state index contributed by atoms with van der Waals surface area (Å²) in [6, 6.07) is 11.2. The maximum Gasteiger partial charge on any atom is 0.272 e. The maximum absolute atomic E-state index is 12.7. The van der Waals surface area contributed by atoms with Gasteiger partial charge in [0.1, 0.15) is 6.04 Å². The minimum Gasteiger partial charge on any atom is -0.344 e. The Morgan fingerprint density at radius 3 is 2.69 bits per heavy atom. The van der Waals surface area contributed by atoms with Crippen molar-refractivity contribution in [1.29, 1.82) is 0 Å². The molecule has 1 saturated heterocycles. The largest absolute Gasteiger partial charge is 0.344 e. The second-order valence-electron chi connectivity index (χ2n) is 6.72. The van der Waals surface area contributed by atoms with Gasteiger partial charge >= 0.3 is 0 Å². The smallest absolute Gasteiger partial charge is 0.272 e. The van der Waals surface area contributed by atoms with Gasteiger partial charge in [-0.25, -0.2) is 5.10 Å². The maximum atomic E-state index is 12.7. The van der Waals surface area contributed by atoms with Crippen molar-refractivity contribution in [2.24, 2.45) is 0 Å². The molecule has 0 saturated carbocycles. The summed E-state index contributed by atoms with van der Waals surface area (Å²) in [5.74, 6) is -0.584.